The molecule has 1 N–H and O–H groups in total. The maximum absolute atomic E-state index is 12.9. The molecular weight excluding hydrogens is 472 g/mol. The van der Waals surface area contributed by atoms with Crippen LogP contribution in [-0.2, 0) is 16.1 Å². The van der Waals surface area contributed by atoms with E-state index in [9.17, 15) is 19.7 Å². The van der Waals surface area contributed by atoms with Gasteiger partial charge in [0.05, 0.1) is 35.2 Å². The number of aromatic nitrogens is 2. The van der Waals surface area contributed by atoms with Crippen molar-refractivity contribution in [1.29, 1.82) is 0 Å². The average Bonchev–Trinajstić information content (AvgIpc) is 3.53. The number of benzene rings is 2. The highest BCUT2D eigenvalue weighted by Crippen LogP contribution is 2.29. The summed E-state index contributed by atoms with van der Waals surface area (Å²) in [6.07, 6.45) is 1.60. The van der Waals surface area contributed by atoms with Crippen molar-refractivity contribution in [2.24, 2.45) is 0 Å². The molecule has 0 fully saturated rings. The Morgan fingerprint density at radius 2 is 1.94 bits per heavy atom. The fourth-order valence-electron chi connectivity index (χ4n) is 3.31. The van der Waals surface area contributed by atoms with Crippen LogP contribution in [0.1, 0.15) is 15.9 Å². The zero-order valence-corrected chi connectivity index (χ0v) is 19.4. The Balaban J connectivity index is 1.46. The predicted octanol–water partition coefficient (Wildman–Crippen LogP) is 4.37. The van der Waals surface area contributed by atoms with Gasteiger partial charge in [-0.3, -0.25) is 19.6 Å². The summed E-state index contributed by atoms with van der Waals surface area (Å²) in [4.78, 5) is 36.4. The maximum Gasteiger partial charge on any atom is 0.342 e. The molecule has 4 aromatic rings. The third-order valence-electron chi connectivity index (χ3n) is 4.93. The fourth-order valence-corrected chi connectivity index (χ4v) is 4.03. The third kappa shape index (κ3) is 5.71. The molecule has 2 heterocycles. The zero-order chi connectivity index (χ0) is 24.8. The number of thiophene rings is 1. The van der Waals surface area contributed by atoms with Crippen molar-refractivity contribution < 1.29 is 24.0 Å². The molecule has 10 nitrogen and oxygen atoms in total. The summed E-state index contributed by atoms with van der Waals surface area (Å²) in [5.41, 5.74) is 1.76. The van der Waals surface area contributed by atoms with E-state index in [1.54, 1.807) is 10.9 Å². The SMILES string of the molecule is COc1cc([N+](=O)[O-])ccc1NC(=O)COC(=O)c1cn(Cc2ccccc2)nc1-c1cccs1. The average molecular weight is 493 g/mol. The number of anilines is 1. The molecule has 11 heteroatoms. The number of amides is 1. The smallest absolute Gasteiger partial charge is 0.342 e. The second-order valence-corrected chi connectivity index (χ2v) is 8.27. The Bertz CT molecular complexity index is 1350. The van der Waals surface area contributed by atoms with Crippen LogP contribution in [0, 0.1) is 10.1 Å². The van der Waals surface area contributed by atoms with Crippen molar-refractivity contribution in [3.8, 4) is 16.3 Å². The van der Waals surface area contributed by atoms with Crippen LogP contribution in [-0.4, -0.2) is 40.3 Å². The number of hydrogen-bond acceptors (Lipinski definition) is 8. The lowest BCUT2D eigenvalue weighted by atomic mass is 10.2. The number of carbonyl (C=O) groups is 2. The standard InChI is InChI=1S/C24H20N4O6S/c1-33-20-12-17(28(31)32)9-10-19(20)25-22(29)15-34-24(30)18-14-27(13-16-6-3-2-4-7-16)26-23(18)21-8-5-11-35-21/h2-12,14H,13,15H2,1H3,(H,25,29). The van der Waals surface area contributed by atoms with Crippen LogP contribution in [0.5, 0.6) is 5.75 Å². The van der Waals surface area contributed by atoms with Crippen molar-refractivity contribution in [2.75, 3.05) is 19.0 Å². The van der Waals surface area contributed by atoms with Crippen molar-refractivity contribution >= 4 is 34.6 Å². The van der Waals surface area contributed by atoms with Gasteiger partial charge in [0.2, 0.25) is 0 Å². The Hall–Kier alpha value is -4.51. The van der Waals surface area contributed by atoms with E-state index in [0.717, 1.165) is 10.4 Å². The largest absolute Gasteiger partial charge is 0.494 e. The fraction of sp³-hybridized carbons (Fsp3) is 0.125. The first-order chi connectivity index (χ1) is 16.9. The Morgan fingerprint density at radius 3 is 2.63 bits per heavy atom. The summed E-state index contributed by atoms with van der Waals surface area (Å²) in [5, 5.41) is 19.9. The van der Waals surface area contributed by atoms with Crippen molar-refractivity contribution in [2.45, 2.75) is 6.54 Å². The first-order valence-corrected chi connectivity index (χ1v) is 11.3. The molecule has 0 saturated heterocycles. The summed E-state index contributed by atoms with van der Waals surface area (Å²) in [6, 6.07) is 17.2. The summed E-state index contributed by atoms with van der Waals surface area (Å²) in [6.45, 7) is -0.0976. The summed E-state index contributed by atoms with van der Waals surface area (Å²) >= 11 is 1.44. The first kappa shape index (κ1) is 23.6. The van der Waals surface area contributed by atoms with E-state index in [-0.39, 0.29) is 22.7 Å². The molecule has 0 saturated carbocycles. The van der Waals surface area contributed by atoms with Crippen LogP contribution in [0.3, 0.4) is 0 Å². The second kappa shape index (κ2) is 10.6. The lowest BCUT2D eigenvalue weighted by Gasteiger charge is -2.10. The summed E-state index contributed by atoms with van der Waals surface area (Å²) in [5.74, 6) is -1.21. The zero-order valence-electron chi connectivity index (χ0n) is 18.5. The second-order valence-electron chi connectivity index (χ2n) is 7.32. The van der Waals surface area contributed by atoms with E-state index < -0.39 is 23.4 Å². The Kier molecular flexibility index (Phi) is 7.17. The number of carbonyl (C=O) groups excluding carboxylic acids is 2. The lowest BCUT2D eigenvalue weighted by Crippen LogP contribution is -2.21. The highest BCUT2D eigenvalue weighted by molar-refractivity contribution is 7.13. The highest BCUT2D eigenvalue weighted by Gasteiger charge is 2.21. The van der Waals surface area contributed by atoms with Gasteiger partial charge in [0.25, 0.3) is 11.6 Å². The van der Waals surface area contributed by atoms with Gasteiger partial charge in [-0.2, -0.15) is 5.10 Å². The third-order valence-corrected chi connectivity index (χ3v) is 5.80. The molecular formula is C24H20N4O6S. The minimum absolute atomic E-state index is 0.112. The minimum atomic E-state index is -0.696. The quantitative estimate of drug-likeness (QED) is 0.209. The number of methoxy groups -OCH3 is 1. The molecule has 0 unspecified atom stereocenters. The van der Waals surface area contributed by atoms with Gasteiger partial charge in [0.1, 0.15) is 17.0 Å². The molecule has 0 spiro atoms. The van der Waals surface area contributed by atoms with Crippen LogP contribution in [0.25, 0.3) is 10.6 Å². The van der Waals surface area contributed by atoms with Gasteiger partial charge >= 0.3 is 5.97 Å². The Morgan fingerprint density at radius 1 is 1.14 bits per heavy atom. The van der Waals surface area contributed by atoms with E-state index in [1.807, 2.05) is 47.8 Å². The number of esters is 1. The molecule has 178 valence electrons. The lowest BCUT2D eigenvalue weighted by molar-refractivity contribution is -0.384. The number of nitro benzene ring substituents is 1. The molecule has 0 aliphatic heterocycles. The highest BCUT2D eigenvalue weighted by atomic mass is 32.1. The molecule has 35 heavy (non-hydrogen) atoms. The van der Waals surface area contributed by atoms with Crippen LogP contribution in [0.15, 0.2) is 72.2 Å². The molecule has 0 aliphatic carbocycles. The van der Waals surface area contributed by atoms with Crippen molar-refractivity contribution in [3.63, 3.8) is 0 Å². The van der Waals surface area contributed by atoms with Gasteiger partial charge in [-0.1, -0.05) is 36.4 Å². The van der Waals surface area contributed by atoms with E-state index in [2.05, 4.69) is 10.4 Å². The van der Waals surface area contributed by atoms with Crippen LogP contribution >= 0.6 is 11.3 Å². The molecule has 0 radical (unpaired) electrons. The molecule has 0 bridgehead atoms. The number of rotatable bonds is 9. The van der Waals surface area contributed by atoms with E-state index in [1.165, 1.54) is 36.6 Å². The number of nitrogens with zero attached hydrogens (tertiary/aromatic N) is 3. The van der Waals surface area contributed by atoms with Crippen molar-refractivity contribution in [3.05, 3.63) is 93.5 Å². The molecule has 1 amide bonds. The van der Waals surface area contributed by atoms with Gasteiger partial charge in [-0.25, -0.2) is 4.79 Å². The number of nitrogens with one attached hydrogen (secondary N) is 1. The topological polar surface area (TPSA) is 126 Å². The molecule has 4 rings (SSSR count). The normalized spacial score (nSPS) is 10.5. The van der Waals surface area contributed by atoms with Crippen molar-refractivity contribution in [1.82, 2.24) is 9.78 Å². The number of ether oxygens (including phenoxy) is 2. The van der Waals surface area contributed by atoms with Gasteiger partial charge in [-0.05, 0) is 23.1 Å². The molecule has 0 aliphatic rings. The number of hydrogen-bond donors (Lipinski definition) is 1. The van der Waals surface area contributed by atoms with E-state index in [0.29, 0.717) is 12.2 Å². The molecule has 0 atom stereocenters. The van der Waals surface area contributed by atoms with Crippen LogP contribution in [0.2, 0.25) is 0 Å². The molecule has 2 aromatic carbocycles. The maximum atomic E-state index is 12.9. The number of nitro groups is 1. The van der Waals surface area contributed by atoms with Gasteiger partial charge < -0.3 is 14.8 Å². The van der Waals surface area contributed by atoms with Crippen LogP contribution in [0.4, 0.5) is 11.4 Å². The van der Waals surface area contributed by atoms with E-state index >= 15 is 0 Å². The van der Waals surface area contributed by atoms with Gasteiger partial charge in [-0.15, -0.1) is 11.3 Å². The van der Waals surface area contributed by atoms with Crippen LogP contribution < -0.4 is 10.1 Å². The monoisotopic (exact) mass is 492 g/mol. The summed E-state index contributed by atoms with van der Waals surface area (Å²) < 4.78 is 12.0. The Labute approximate surface area is 203 Å². The van der Waals surface area contributed by atoms with Gasteiger partial charge in [0, 0.05) is 12.3 Å². The minimum Gasteiger partial charge on any atom is -0.494 e. The molecule has 2 aromatic heterocycles. The number of non-ortho nitro benzene ring substituents is 1. The predicted molar refractivity (Wildman–Crippen MR) is 130 cm³/mol. The van der Waals surface area contributed by atoms with E-state index in [4.69, 9.17) is 9.47 Å². The van der Waals surface area contributed by atoms with Gasteiger partial charge in [0.15, 0.2) is 6.61 Å². The first-order valence-electron chi connectivity index (χ1n) is 10.4. The summed E-state index contributed by atoms with van der Waals surface area (Å²) in [7, 11) is 1.33.